The van der Waals surface area contributed by atoms with E-state index in [2.05, 4.69) is 46.3 Å². The topological polar surface area (TPSA) is 12.0 Å². The van der Waals surface area contributed by atoms with Crippen molar-refractivity contribution in [3.8, 4) is 0 Å². The van der Waals surface area contributed by atoms with Gasteiger partial charge in [-0.15, -0.1) is 11.3 Å². The van der Waals surface area contributed by atoms with E-state index in [1.807, 2.05) is 0 Å². The second kappa shape index (κ2) is 7.73. The number of hydrogen-bond donors (Lipinski definition) is 1. The van der Waals surface area contributed by atoms with Crippen molar-refractivity contribution in [2.24, 2.45) is 0 Å². The first-order valence-corrected chi connectivity index (χ1v) is 8.85. The van der Waals surface area contributed by atoms with Crippen LogP contribution in [0.25, 0.3) is 0 Å². The van der Waals surface area contributed by atoms with Crippen LogP contribution in [0.1, 0.15) is 30.5 Å². The third kappa shape index (κ3) is 4.41. The average molecular weight is 424 g/mol. The molecule has 0 radical (unpaired) electrons. The Labute approximate surface area is 141 Å². The Bertz CT molecular complexity index is 573. The van der Waals surface area contributed by atoms with Crippen LogP contribution in [0.15, 0.2) is 29.6 Å². The maximum atomic E-state index is 13.9. The lowest BCUT2D eigenvalue weighted by atomic mass is 10.0. The van der Waals surface area contributed by atoms with Crippen LogP contribution in [0.4, 0.5) is 4.39 Å². The molecular formula is C15H16ClFINS. The summed E-state index contributed by atoms with van der Waals surface area (Å²) in [5, 5.41) is 6.20. The molecule has 0 aliphatic heterocycles. The lowest BCUT2D eigenvalue weighted by Crippen LogP contribution is -2.24. The molecule has 0 bridgehead atoms. The normalized spacial score (nSPS) is 12.6. The van der Waals surface area contributed by atoms with Gasteiger partial charge in [-0.25, -0.2) is 4.39 Å². The van der Waals surface area contributed by atoms with E-state index in [0.717, 1.165) is 13.0 Å². The second-order valence-corrected chi connectivity index (χ2v) is 7.87. The van der Waals surface area contributed by atoms with Crippen LogP contribution in [0.5, 0.6) is 0 Å². The van der Waals surface area contributed by atoms with Crippen molar-refractivity contribution in [1.29, 1.82) is 0 Å². The van der Waals surface area contributed by atoms with E-state index in [1.165, 1.54) is 14.5 Å². The Hall–Kier alpha value is -0.170. The molecule has 0 fully saturated rings. The van der Waals surface area contributed by atoms with Crippen LogP contribution in [0.2, 0.25) is 5.02 Å². The molecule has 0 saturated heterocycles. The van der Waals surface area contributed by atoms with Crippen molar-refractivity contribution in [2.45, 2.75) is 25.8 Å². The van der Waals surface area contributed by atoms with Crippen LogP contribution in [-0.4, -0.2) is 6.54 Å². The number of thiophene rings is 1. The minimum Gasteiger partial charge on any atom is -0.310 e. The van der Waals surface area contributed by atoms with E-state index < -0.39 is 0 Å². The first-order valence-electron chi connectivity index (χ1n) is 6.51. The maximum Gasteiger partial charge on any atom is 0.126 e. The van der Waals surface area contributed by atoms with Gasteiger partial charge in [-0.1, -0.05) is 18.5 Å². The monoisotopic (exact) mass is 423 g/mol. The highest BCUT2D eigenvalue weighted by molar-refractivity contribution is 14.1. The number of benzene rings is 1. The fourth-order valence-corrected chi connectivity index (χ4v) is 3.67. The van der Waals surface area contributed by atoms with Gasteiger partial charge in [0.05, 0.1) is 2.88 Å². The van der Waals surface area contributed by atoms with E-state index in [0.29, 0.717) is 17.0 Å². The summed E-state index contributed by atoms with van der Waals surface area (Å²) in [7, 11) is 0. The van der Waals surface area contributed by atoms with E-state index in [1.54, 1.807) is 23.5 Å². The van der Waals surface area contributed by atoms with Gasteiger partial charge in [0.15, 0.2) is 0 Å². The largest absolute Gasteiger partial charge is 0.310 e. The summed E-state index contributed by atoms with van der Waals surface area (Å²) in [5.41, 5.74) is 1.87. The molecule has 1 aromatic carbocycles. The molecule has 0 saturated carbocycles. The summed E-state index contributed by atoms with van der Waals surface area (Å²) in [6, 6.07) is 7.02. The zero-order chi connectivity index (χ0) is 14.5. The molecule has 0 aliphatic carbocycles. The Morgan fingerprint density at radius 1 is 1.40 bits per heavy atom. The summed E-state index contributed by atoms with van der Waals surface area (Å²) in [4.78, 5) is 0. The molecule has 2 rings (SSSR count). The van der Waals surface area contributed by atoms with E-state index >= 15 is 0 Å². The number of rotatable bonds is 6. The maximum absolute atomic E-state index is 13.9. The van der Waals surface area contributed by atoms with Crippen molar-refractivity contribution in [3.05, 3.63) is 54.5 Å². The van der Waals surface area contributed by atoms with Gasteiger partial charge in [-0.2, -0.15) is 0 Å². The molecule has 20 heavy (non-hydrogen) atoms. The lowest BCUT2D eigenvalue weighted by molar-refractivity contribution is 0.514. The summed E-state index contributed by atoms with van der Waals surface area (Å²) in [6.45, 7) is 3.04. The van der Waals surface area contributed by atoms with Gasteiger partial charge in [0, 0.05) is 11.1 Å². The van der Waals surface area contributed by atoms with Crippen LogP contribution < -0.4 is 5.32 Å². The van der Waals surface area contributed by atoms with Crippen LogP contribution in [-0.2, 0) is 6.42 Å². The molecule has 1 aromatic heterocycles. The Morgan fingerprint density at radius 2 is 2.20 bits per heavy atom. The molecule has 1 atom stereocenters. The molecule has 108 valence electrons. The standard InChI is InChI=1S/C15H16ClFINS/c1-2-5-19-14(11-8-15(18)20-9-11)7-10-6-12(16)3-4-13(10)17/h3-4,6,8-9,14,19H,2,5,7H2,1H3. The fraction of sp³-hybridized carbons (Fsp3) is 0.333. The predicted octanol–water partition coefficient (Wildman–Crippen LogP) is 5.43. The Kier molecular flexibility index (Phi) is 6.26. The summed E-state index contributed by atoms with van der Waals surface area (Å²) < 4.78 is 15.1. The summed E-state index contributed by atoms with van der Waals surface area (Å²) >= 11 is 9.99. The van der Waals surface area contributed by atoms with Crippen LogP contribution >= 0.6 is 45.5 Å². The van der Waals surface area contributed by atoms with Crippen molar-refractivity contribution < 1.29 is 4.39 Å². The minimum absolute atomic E-state index is 0.127. The zero-order valence-electron chi connectivity index (χ0n) is 11.1. The molecular weight excluding hydrogens is 408 g/mol. The number of halogens is 3. The fourth-order valence-electron chi connectivity index (χ4n) is 2.05. The molecule has 2 aromatic rings. The molecule has 1 nitrogen and oxygen atoms in total. The van der Waals surface area contributed by atoms with Crippen molar-refractivity contribution in [1.82, 2.24) is 5.32 Å². The van der Waals surface area contributed by atoms with Gasteiger partial charge in [0.25, 0.3) is 0 Å². The smallest absolute Gasteiger partial charge is 0.126 e. The zero-order valence-corrected chi connectivity index (χ0v) is 14.9. The van der Waals surface area contributed by atoms with Gasteiger partial charge >= 0.3 is 0 Å². The minimum atomic E-state index is -0.192. The quantitative estimate of drug-likeness (QED) is 0.611. The Morgan fingerprint density at radius 3 is 2.85 bits per heavy atom. The first-order chi connectivity index (χ1) is 9.60. The molecule has 1 N–H and O–H groups in total. The van der Waals surface area contributed by atoms with Crippen molar-refractivity contribution in [2.75, 3.05) is 6.54 Å². The van der Waals surface area contributed by atoms with Gasteiger partial charge in [0.2, 0.25) is 0 Å². The van der Waals surface area contributed by atoms with Gasteiger partial charge < -0.3 is 5.32 Å². The molecule has 5 heteroatoms. The first kappa shape index (κ1) is 16.2. The molecule has 1 heterocycles. The average Bonchev–Trinajstić information content (AvgIpc) is 2.85. The van der Waals surface area contributed by atoms with Crippen LogP contribution in [0.3, 0.4) is 0 Å². The molecule has 1 unspecified atom stereocenters. The highest BCUT2D eigenvalue weighted by atomic mass is 127. The molecule has 0 amide bonds. The summed E-state index contributed by atoms with van der Waals surface area (Å²) in [5.74, 6) is -0.192. The van der Waals surface area contributed by atoms with Crippen molar-refractivity contribution >= 4 is 45.5 Å². The predicted molar refractivity (Wildman–Crippen MR) is 93.2 cm³/mol. The number of hydrogen-bond acceptors (Lipinski definition) is 2. The lowest BCUT2D eigenvalue weighted by Gasteiger charge is -2.18. The van der Waals surface area contributed by atoms with Gasteiger partial charge in [0.1, 0.15) is 5.82 Å². The van der Waals surface area contributed by atoms with Crippen LogP contribution in [0, 0.1) is 8.70 Å². The van der Waals surface area contributed by atoms with Gasteiger partial charge in [-0.3, -0.25) is 0 Å². The van der Waals surface area contributed by atoms with E-state index in [-0.39, 0.29) is 11.9 Å². The molecule has 0 spiro atoms. The van der Waals surface area contributed by atoms with Gasteiger partial charge in [-0.05, 0) is 82.7 Å². The highest BCUT2D eigenvalue weighted by Gasteiger charge is 2.15. The van der Waals surface area contributed by atoms with E-state index in [4.69, 9.17) is 11.6 Å². The number of nitrogens with one attached hydrogen (secondary N) is 1. The second-order valence-electron chi connectivity index (χ2n) is 4.63. The third-order valence-electron chi connectivity index (χ3n) is 3.06. The Balaban J connectivity index is 2.21. The molecule has 0 aliphatic rings. The highest BCUT2D eigenvalue weighted by Crippen LogP contribution is 2.27. The summed E-state index contributed by atoms with van der Waals surface area (Å²) in [6.07, 6.45) is 1.66. The third-order valence-corrected chi connectivity index (χ3v) is 5.10. The SMILES string of the molecule is CCCNC(Cc1cc(Cl)ccc1F)c1csc(I)c1. The van der Waals surface area contributed by atoms with Crippen molar-refractivity contribution in [3.63, 3.8) is 0 Å². The van der Waals surface area contributed by atoms with E-state index in [9.17, 15) is 4.39 Å².